The highest BCUT2D eigenvalue weighted by Gasteiger charge is 2.24. The number of morpholine rings is 1. The molecular formula is C19H20FNO3. The summed E-state index contributed by atoms with van der Waals surface area (Å²) in [5.74, 6) is 0.528. The van der Waals surface area contributed by atoms with Crippen LogP contribution < -0.4 is 0 Å². The van der Waals surface area contributed by atoms with Gasteiger partial charge in [-0.05, 0) is 44.2 Å². The number of hydrogen-bond donors (Lipinski definition) is 0. The van der Waals surface area contributed by atoms with E-state index in [1.165, 1.54) is 12.1 Å². The molecule has 24 heavy (non-hydrogen) atoms. The van der Waals surface area contributed by atoms with E-state index in [0.29, 0.717) is 30.2 Å². The number of carbonyl (C=O) groups is 1. The molecule has 2 atom stereocenters. The van der Waals surface area contributed by atoms with Crippen LogP contribution in [-0.2, 0) is 9.53 Å². The molecule has 1 aliphatic heterocycles. The topological polar surface area (TPSA) is 42.7 Å². The Hall–Kier alpha value is -2.40. The largest absolute Gasteiger partial charge is 0.457 e. The molecule has 126 valence electrons. The Balaban J connectivity index is 1.69. The van der Waals surface area contributed by atoms with Crippen molar-refractivity contribution in [3.05, 3.63) is 54.1 Å². The van der Waals surface area contributed by atoms with E-state index in [-0.39, 0.29) is 23.9 Å². The smallest absolute Gasteiger partial charge is 0.246 e. The zero-order valence-electron chi connectivity index (χ0n) is 13.7. The number of ether oxygens (including phenoxy) is 1. The monoisotopic (exact) mass is 329 g/mol. The van der Waals surface area contributed by atoms with Gasteiger partial charge in [-0.3, -0.25) is 4.79 Å². The van der Waals surface area contributed by atoms with Crippen LogP contribution in [-0.4, -0.2) is 36.1 Å². The molecule has 1 aliphatic rings. The maximum absolute atomic E-state index is 13.8. The molecule has 2 heterocycles. The van der Waals surface area contributed by atoms with Gasteiger partial charge in [0.25, 0.3) is 0 Å². The van der Waals surface area contributed by atoms with Gasteiger partial charge in [0.15, 0.2) is 0 Å². The summed E-state index contributed by atoms with van der Waals surface area (Å²) in [6.07, 6.45) is 3.15. The number of amides is 1. The molecule has 0 saturated carbocycles. The fraction of sp³-hybridized carbons (Fsp3) is 0.316. The Morgan fingerprint density at radius 2 is 1.88 bits per heavy atom. The van der Waals surface area contributed by atoms with Crippen LogP contribution in [0.3, 0.4) is 0 Å². The maximum Gasteiger partial charge on any atom is 0.246 e. The van der Waals surface area contributed by atoms with Gasteiger partial charge in [0.1, 0.15) is 17.3 Å². The molecule has 0 aliphatic carbocycles. The highest BCUT2D eigenvalue weighted by molar-refractivity contribution is 5.91. The third kappa shape index (κ3) is 3.74. The van der Waals surface area contributed by atoms with Gasteiger partial charge in [-0.1, -0.05) is 12.1 Å². The minimum atomic E-state index is -0.338. The number of hydrogen-bond acceptors (Lipinski definition) is 3. The van der Waals surface area contributed by atoms with Crippen LogP contribution in [0.5, 0.6) is 0 Å². The van der Waals surface area contributed by atoms with Crippen molar-refractivity contribution >= 4 is 12.0 Å². The zero-order chi connectivity index (χ0) is 17.1. The molecule has 0 N–H and O–H groups in total. The van der Waals surface area contributed by atoms with Crippen LogP contribution >= 0.6 is 0 Å². The molecule has 2 unspecified atom stereocenters. The first-order valence-electron chi connectivity index (χ1n) is 8.00. The molecule has 3 rings (SSSR count). The summed E-state index contributed by atoms with van der Waals surface area (Å²) in [5.41, 5.74) is 0.402. The fourth-order valence-electron chi connectivity index (χ4n) is 2.86. The van der Waals surface area contributed by atoms with Crippen molar-refractivity contribution in [3.8, 4) is 11.3 Å². The van der Waals surface area contributed by atoms with E-state index < -0.39 is 0 Å². The van der Waals surface area contributed by atoms with Gasteiger partial charge in [0, 0.05) is 19.2 Å². The summed E-state index contributed by atoms with van der Waals surface area (Å²) in [6.45, 7) is 5.05. The SMILES string of the molecule is CC1CN(C(=O)C=Cc2ccc(-c3ccccc3F)o2)CC(C)O1. The maximum atomic E-state index is 13.8. The van der Waals surface area contributed by atoms with Gasteiger partial charge >= 0.3 is 0 Å². The first-order valence-corrected chi connectivity index (χ1v) is 8.00. The molecule has 5 heteroatoms. The van der Waals surface area contributed by atoms with Crippen LogP contribution in [0.15, 0.2) is 46.9 Å². The molecule has 4 nitrogen and oxygen atoms in total. The Morgan fingerprint density at radius 1 is 1.17 bits per heavy atom. The van der Waals surface area contributed by atoms with E-state index in [1.54, 1.807) is 41.3 Å². The second-order valence-corrected chi connectivity index (χ2v) is 6.02. The Labute approximate surface area is 140 Å². The molecule has 1 saturated heterocycles. The predicted octanol–water partition coefficient (Wildman–Crippen LogP) is 3.73. The molecule has 1 fully saturated rings. The lowest BCUT2D eigenvalue weighted by atomic mass is 10.1. The normalized spacial score (nSPS) is 21.4. The van der Waals surface area contributed by atoms with Crippen LogP contribution in [0.4, 0.5) is 4.39 Å². The average Bonchev–Trinajstić information content (AvgIpc) is 3.01. The molecule has 1 aromatic carbocycles. The molecule has 0 bridgehead atoms. The van der Waals surface area contributed by atoms with Gasteiger partial charge in [0.05, 0.1) is 17.8 Å². The van der Waals surface area contributed by atoms with E-state index in [2.05, 4.69) is 0 Å². The van der Waals surface area contributed by atoms with E-state index in [4.69, 9.17) is 9.15 Å². The van der Waals surface area contributed by atoms with Crippen molar-refractivity contribution in [2.24, 2.45) is 0 Å². The van der Waals surface area contributed by atoms with Gasteiger partial charge in [-0.15, -0.1) is 0 Å². The van der Waals surface area contributed by atoms with Crippen LogP contribution in [0.1, 0.15) is 19.6 Å². The highest BCUT2D eigenvalue weighted by Crippen LogP contribution is 2.25. The van der Waals surface area contributed by atoms with E-state index in [0.717, 1.165) is 0 Å². The number of furan rings is 1. The first-order chi connectivity index (χ1) is 11.5. The van der Waals surface area contributed by atoms with Gasteiger partial charge in [-0.2, -0.15) is 0 Å². The summed E-state index contributed by atoms with van der Waals surface area (Å²) < 4.78 is 25.0. The van der Waals surface area contributed by atoms with E-state index >= 15 is 0 Å². The lowest BCUT2D eigenvalue weighted by Gasteiger charge is -2.34. The van der Waals surface area contributed by atoms with Crippen LogP contribution in [0.25, 0.3) is 17.4 Å². The molecule has 0 radical (unpaired) electrons. The summed E-state index contributed by atoms with van der Waals surface area (Å²) in [4.78, 5) is 14.0. The molecule has 2 aromatic rings. The number of nitrogens with zero attached hydrogens (tertiary/aromatic N) is 1. The second-order valence-electron chi connectivity index (χ2n) is 6.02. The first kappa shape index (κ1) is 16.5. The average molecular weight is 329 g/mol. The third-order valence-corrected chi connectivity index (χ3v) is 3.89. The van der Waals surface area contributed by atoms with E-state index in [1.807, 2.05) is 13.8 Å². The zero-order valence-corrected chi connectivity index (χ0v) is 13.7. The quantitative estimate of drug-likeness (QED) is 0.806. The van der Waals surface area contributed by atoms with Crippen molar-refractivity contribution in [2.75, 3.05) is 13.1 Å². The predicted molar refractivity (Wildman–Crippen MR) is 89.7 cm³/mol. The van der Waals surface area contributed by atoms with Gasteiger partial charge in [-0.25, -0.2) is 4.39 Å². The Bertz CT molecular complexity index is 743. The van der Waals surface area contributed by atoms with Crippen molar-refractivity contribution < 1.29 is 18.3 Å². The summed E-state index contributed by atoms with van der Waals surface area (Å²) in [5, 5.41) is 0. The summed E-state index contributed by atoms with van der Waals surface area (Å²) >= 11 is 0. The molecule has 1 amide bonds. The number of rotatable bonds is 3. The van der Waals surface area contributed by atoms with Crippen molar-refractivity contribution in [2.45, 2.75) is 26.1 Å². The number of benzene rings is 1. The third-order valence-electron chi connectivity index (χ3n) is 3.89. The molecule has 1 aromatic heterocycles. The van der Waals surface area contributed by atoms with Crippen molar-refractivity contribution in [1.82, 2.24) is 4.90 Å². The fourth-order valence-corrected chi connectivity index (χ4v) is 2.86. The second kappa shape index (κ2) is 7.01. The highest BCUT2D eigenvalue weighted by atomic mass is 19.1. The molecular weight excluding hydrogens is 309 g/mol. The molecule has 0 spiro atoms. The van der Waals surface area contributed by atoms with Crippen LogP contribution in [0.2, 0.25) is 0 Å². The van der Waals surface area contributed by atoms with Crippen molar-refractivity contribution in [3.63, 3.8) is 0 Å². The number of carbonyl (C=O) groups excluding carboxylic acids is 1. The standard InChI is InChI=1S/C19H20FNO3/c1-13-11-21(12-14(2)23-13)19(22)10-8-15-7-9-18(24-15)16-5-3-4-6-17(16)20/h3-10,13-14H,11-12H2,1-2H3. The van der Waals surface area contributed by atoms with E-state index in [9.17, 15) is 9.18 Å². The van der Waals surface area contributed by atoms with Gasteiger partial charge in [0.2, 0.25) is 5.91 Å². The number of halogens is 1. The summed E-state index contributed by atoms with van der Waals surface area (Å²) in [6, 6.07) is 9.84. The lowest BCUT2D eigenvalue weighted by molar-refractivity contribution is -0.137. The lowest BCUT2D eigenvalue weighted by Crippen LogP contribution is -2.47. The minimum Gasteiger partial charge on any atom is -0.457 e. The van der Waals surface area contributed by atoms with Crippen LogP contribution in [0, 0.1) is 5.82 Å². The minimum absolute atomic E-state index is 0.0300. The van der Waals surface area contributed by atoms with Gasteiger partial charge < -0.3 is 14.1 Å². The Morgan fingerprint density at radius 3 is 2.58 bits per heavy atom. The Kier molecular flexibility index (Phi) is 4.81. The summed E-state index contributed by atoms with van der Waals surface area (Å²) in [7, 11) is 0. The van der Waals surface area contributed by atoms with Crippen molar-refractivity contribution in [1.29, 1.82) is 0 Å².